The molecule has 2 fully saturated rings. The molecule has 0 spiro atoms. The molecule has 1 saturated heterocycles. The van der Waals surface area contributed by atoms with Crippen LogP contribution in [0.4, 0.5) is 0 Å². The van der Waals surface area contributed by atoms with Crippen molar-refractivity contribution in [2.75, 3.05) is 26.2 Å². The number of likely N-dealkylation sites (tertiary alicyclic amines) is 1. The fourth-order valence-corrected chi connectivity index (χ4v) is 4.65. The largest absolute Gasteiger partial charge is 0.378 e. The third kappa shape index (κ3) is 6.62. The maximum atomic E-state index is 12.6. The quantitative estimate of drug-likeness (QED) is 0.591. The van der Waals surface area contributed by atoms with E-state index in [2.05, 4.69) is 27.3 Å². The van der Waals surface area contributed by atoms with Crippen molar-refractivity contribution in [3.05, 3.63) is 35.7 Å². The molecule has 2 aromatic rings. The Labute approximate surface area is 190 Å². The van der Waals surface area contributed by atoms with Gasteiger partial charge in [0.05, 0.1) is 18.6 Å². The topological polar surface area (TPSA) is 80.5 Å². The fraction of sp³-hybridized carbons (Fsp3) is 0.640. The van der Waals surface area contributed by atoms with Crippen LogP contribution in [0.3, 0.4) is 0 Å². The van der Waals surface area contributed by atoms with Gasteiger partial charge in [-0.25, -0.2) is 0 Å². The van der Waals surface area contributed by atoms with Gasteiger partial charge in [-0.1, -0.05) is 54.2 Å². The molecule has 1 N–H and O–H groups in total. The number of benzene rings is 1. The van der Waals surface area contributed by atoms with Gasteiger partial charge in [0.1, 0.15) is 0 Å². The summed E-state index contributed by atoms with van der Waals surface area (Å²) in [5.74, 6) is 1.38. The standard InChI is InChI=1S/C25H36N4O3/c1-19-10-12-20(13-11-19)24-27-23(32-28-24)18-29-15-5-7-21(17-29)25(30)26-14-6-16-31-22-8-3-2-4-9-22/h10-13,21-22H,2-9,14-18H2,1H3,(H,26,30). The lowest BCUT2D eigenvalue weighted by atomic mass is 9.97. The first kappa shape index (κ1) is 22.9. The van der Waals surface area contributed by atoms with Crippen LogP contribution in [-0.4, -0.2) is 53.3 Å². The van der Waals surface area contributed by atoms with Crippen molar-refractivity contribution in [1.82, 2.24) is 20.4 Å². The Bertz CT molecular complexity index is 845. The first-order valence-electron chi connectivity index (χ1n) is 12.2. The number of carbonyl (C=O) groups excluding carboxylic acids is 1. The van der Waals surface area contributed by atoms with Crippen LogP contribution in [0.15, 0.2) is 28.8 Å². The van der Waals surface area contributed by atoms with E-state index in [1.165, 1.54) is 37.7 Å². The minimum atomic E-state index is 0.0162. The van der Waals surface area contributed by atoms with E-state index >= 15 is 0 Å². The Morgan fingerprint density at radius 2 is 1.97 bits per heavy atom. The zero-order valence-electron chi connectivity index (χ0n) is 19.2. The summed E-state index contributed by atoms with van der Waals surface area (Å²) < 4.78 is 11.4. The minimum absolute atomic E-state index is 0.0162. The molecule has 2 aliphatic rings. The van der Waals surface area contributed by atoms with E-state index in [9.17, 15) is 4.79 Å². The molecule has 32 heavy (non-hydrogen) atoms. The van der Waals surface area contributed by atoms with Crippen molar-refractivity contribution in [3.8, 4) is 11.4 Å². The summed E-state index contributed by atoms with van der Waals surface area (Å²) in [6, 6.07) is 8.10. The maximum absolute atomic E-state index is 12.6. The van der Waals surface area contributed by atoms with Crippen LogP contribution in [-0.2, 0) is 16.1 Å². The lowest BCUT2D eigenvalue weighted by molar-refractivity contribution is -0.126. The number of rotatable bonds is 9. The number of nitrogens with zero attached hydrogens (tertiary/aromatic N) is 3. The first-order valence-corrected chi connectivity index (χ1v) is 12.2. The molecule has 1 unspecified atom stereocenters. The highest BCUT2D eigenvalue weighted by atomic mass is 16.5. The number of carbonyl (C=O) groups is 1. The zero-order chi connectivity index (χ0) is 22.2. The van der Waals surface area contributed by atoms with Gasteiger partial charge in [-0.05, 0) is 45.6 Å². The number of ether oxygens (including phenoxy) is 1. The summed E-state index contributed by atoms with van der Waals surface area (Å²) in [7, 11) is 0. The summed E-state index contributed by atoms with van der Waals surface area (Å²) in [5.41, 5.74) is 2.15. The van der Waals surface area contributed by atoms with Crippen LogP contribution >= 0.6 is 0 Å². The molecule has 7 nitrogen and oxygen atoms in total. The SMILES string of the molecule is Cc1ccc(-c2noc(CN3CCCC(C(=O)NCCCOC4CCCCC4)C3)n2)cc1. The average molecular weight is 441 g/mol. The van der Waals surface area contributed by atoms with Gasteiger partial charge >= 0.3 is 0 Å². The number of hydrogen-bond donors (Lipinski definition) is 1. The van der Waals surface area contributed by atoms with Crippen LogP contribution in [0.2, 0.25) is 0 Å². The van der Waals surface area contributed by atoms with E-state index < -0.39 is 0 Å². The highest BCUT2D eigenvalue weighted by molar-refractivity contribution is 5.78. The fourth-order valence-electron chi connectivity index (χ4n) is 4.65. The van der Waals surface area contributed by atoms with E-state index in [4.69, 9.17) is 9.26 Å². The normalized spacial score (nSPS) is 20.3. The number of piperidine rings is 1. The van der Waals surface area contributed by atoms with E-state index in [1.807, 2.05) is 24.3 Å². The molecule has 4 rings (SSSR count). The predicted molar refractivity (Wildman–Crippen MR) is 123 cm³/mol. The first-order chi connectivity index (χ1) is 15.7. The molecular formula is C25H36N4O3. The van der Waals surface area contributed by atoms with E-state index in [0.29, 0.717) is 30.9 Å². The molecule has 0 bridgehead atoms. The van der Waals surface area contributed by atoms with Gasteiger partial charge in [-0.2, -0.15) is 4.98 Å². The Balaban J connectivity index is 1.18. The van der Waals surface area contributed by atoms with Gasteiger partial charge in [0.2, 0.25) is 17.6 Å². The molecular weight excluding hydrogens is 404 g/mol. The smallest absolute Gasteiger partial charge is 0.241 e. The monoisotopic (exact) mass is 440 g/mol. The molecule has 0 radical (unpaired) electrons. The van der Waals surface area contributed by atoms with Gasteiger partial charge in [-0.3, -0.25) is 9.69 Å². The second-order valence-corrected chi connectivity index (χ2v) is 9.23. The van der Waals surface area contributed by atoms with Gasteiger partial charge < -0.3 is 14.6 Å². The Hall–Kier alpha value is -2.25. The van der Waals surface area contributed by atoms with Crippen molar-refractivity contribution < 1.29 is 14.1 Å². The lowest BCUT2D eigenvalue weighted by Crippen LogP contribution is -2.43. The number of aromatic nitrogens is 2. The summed E-state index contributed by atoms with van der Waals surface area (Å²) in [6.07, 6.45) is 9.54. The molecule has 1 aliphatic carbocycles. The summed E-state index contributed by atoms with van der Waals surface area (Å²) >= 11 is 0. The van der Waals surface area contributed by atoms with E-state index in [0.717, 1.165) is 44.5 Å². The molecule has 1 aromatic heterocycles. The van der Waals surface area contributed by atoms with Crippen LogP contribution in [0.25, 0.3) is 11.4 Å². The predicted octanol–water partition coefficient (Wildman–Crippen LogP) is 4.11. The molecule has 2 heterocycles. The van der Waals surface area contributed by atoms with E-state index in [1.54, 1.807) is 0 Å². The number of hydrogen-bond acceptors (Lipinski definition) is 6. The zero-order valence-corrected chi connectivity index (χ0v) is 19.2. The Morgan fingerprint density at radius 1 is 1.16 bits per heavy atom. The second kappa shape index (κ2) is 11.6. The Kier molecular flexibility index (Phi) is 8.29. The molecule has 1 saturated carbocycles. The van der Waals surface area contributed by atoms with Gasteiger partial charge in [0, 0.05) is 25.3 Å². The summed E-state index contributed by atoms with van der Waals surface area (Å²) in [5, 5.41) is 7.23. The summed E-state index contributed by atoms with van der Waals surface area (Å²) in [4.78, 5) is 19.4. The lowest BCUT2D eigenvalue weighted by Gasteiger charge is -2.30. The number of aryl methyl sites for hydroxylation is 1. The Morgan fingerprint density at radius 3 is 2.78 bits per heavy atom. The van der Waals surface area contributed by atoms with E-state index in [-0.39, 0.29) is 11.8 Å². The van der Waals surface area contributed by atoms with Crippen LogP contribution < -0.4 is 5.32 Å². The molecule has 7 heteroatoms. The molecule has 1 aromatic carbocycles. The highest BCUT2D eigenvalue weighted by Gasteiger charge is 2.26. The van der Waals surface area contributed by atoms with Crippen LogP contribution in [0.1, 0.15) is 62.8 Å². The van der Waals surface area contributed by atoms with Crippen LogP contribution in [0.5, 0.6) is 0 Å². The number of nitrogens with one attached hydrogen (secondary N) is 1. The van der Waals surface area contributed by atoms with Crippen molar-refractivity contribution in [2.24, 2.45) is 5.92 Å². The molecule has 1 aliphatic heterocycles. The van der Waals surface area contributed by atoms with Gasteiger partial charge in [0.25, 0.3) is 0 Å². The maximum Gasteiger partial charge on any atom is 0.241 e. The third-order valence-corrected chi connectivity index (χ3v) is 6.54. The highest BCUT2D eigenvalue weighted by Crippen LogP contribution is 2.22. The second-order valence-electron chi connectivity index (χ2n) is 9.23. The van der Waals surface area contributed by atoms with Gasteiger partial charge in [0.15, 0.2) is 0 Å². The summed E-state index contributed by atoms with van der Waals surface area (Å²) in [6.45, 7) is 5.74. The molecule has 1 amide bonds. The average Bonchev–Trinajstić information content (AvgIpc) is 3.28. The third-order valence-electron chi connectivity index (χ3n) is 6.54. The van der Waals surface area contributed by atoms with Crippen molar-refractivity contribution in [2.45, 2.75) is 70.9 Å². The van der Waals surface area contributed by atoms with Crippen molar-refractivity contribution in [1.29, 1.82) is 0 Å². The number of amides is 1. The van der Waals surface area contributed by atoms with Gasteiger partial charge in [-0.15, -0.1) is 0 Å². The molecule has 1 atom stereocenters. The molecule has 174 valence electrons. The van der Waals surface area contributed by atoms with Crippen LogP contribution in [0, 0.1) is 12.8 Å². The minimum Gasteiger partial charge on any atom is -0.378 e. The van der Waals surface area contributed by atoms with Crippen molar-refractivity contribution >= 4 is 5.91 Å². The van der Waals surface area contributed by atoms with Crippen molar-refractivity contribution in [3.63, 3.8) is 0 Å².